The zero-order valence-electron chi connectivity index (χ0n) is 14.1. The summed E-state index contributed by atoms with van der Waals surface area (Å²) in [6.07, 6.45) is -2.31. The highest BCUT2D eigenvalue weighted by molar-refractivity contribution is 6.33. The fourth-order valence-electron chi connectivity index (χ4n) is 2.61. The lowest BCUT2D eigenvalue weighted by Crippen LogP contribution is -2.12. The third-order valence-electron chi connectivity index (χ3n) is 4.16. The summed E-state index contributed by atoms with van der Waals surface area (Å²) in [7, 11) is 0. The smallest absolute Gasteiger partial charge is 0.417 e. The predicted octanol–water partition coefficient (Wildman–Crippen LogP) is 4.76. The maximum Gasteiger partial charge on any atom is 0.417 e. The number of alkyl halides is 3. The van der Waals surface area contributed by atoms with Gasteiger partial charge >= 0.3 is 6.18 Å². The Bertz CT molecular complexity index is 845. The Balaban J connectivity index is 1.86. The minimum Gasteiger partial charge on any atom is -0.450 e. The molecular weight excluding hydrogens is 392 g/mol. The molecule has 26 heavy (non-hydrogen) atoms. The first-order chi connectivity index (χ1) is 12.1. The summed E-state index contributed by atoms with van der Waals surface area (Å²) >= 11 is 12.3. The average Bonchev–Trinajstić information content (AvgIpc) is 3.09. The third-order valence-corrected chi connectivity index (χ3v) is 4.81. The average molecular weight is 407 g/mol. The lowest BCUT2D eigenvalue weighted by Gasteiger charge is -2.11. The highest BCUT2D eigenvalue weighted by atomic mass is 35.5. The summed E-state index contributed by atoms with van der Waals surface area (Å²) in [4.78, 5) is 13.8. The molecule has 0 N–H and O–H groups in total. The van der Waals surface area contributed by atoms with Gasteiger partial charge in [0.25, 0.3) is 0 Å². The van der Waals surface area contributed by atoms with Crippen LogP contribution in [0.15, 0.2) is 18.6 Å². The van der Waals surface area contributed by atoms with Crippen LogP contribution in [0.25, 0.3) is 0 Å². The first-order valence-electron chi connectivity index (χ1n) is 7.75. The summed E-state index contributed by atoms with van der Waals surface area (Å²) in [5.41, 5.74) is -0.728. The molecule has 1 unspecified atom stereocenters. The molecule has 5 nitrogen and oxygen atoms in total. The number of hydrogen-bond donors (Lipinski definition) is 0. The number of ether oxygens (including phenoxy) is 1. The van der Waals surface area contributed by atoms with Gasteiger partial charge in [-0.25, -0.2) is 15.0 Å². The SMILES string of the molecule is CCc1ncnc(N2C(Oc3ncc(C(F)(F)F)cc3Cl)C2(C)C)c1Cl. The Morgan fingerprint density at radius 1 is 1.23 bits per heavy atom. The monoisotopic (exact) mass is 406 g/mol. The normalized spacial score (nSPS) is 18.8. The Morgan fingerprint density at radius 3 is 2.50 bits per heavy atom. The molecule has 0 saturated carbocycles. The fourth-order valence-corrected chi connectivity index (χ4v) is 3.15. The van der Waals surface area contributed by atoms with Crippen LogP contribution in [0.2, 0.25) is 10.0 Å². The van der Waals surface area contributed by atoms with Crippen molar-refractivity contribution < 1.29 is 17.9 Å². The van der Waals surface area contributed by atoms with E-state index in [2.05, 4.69) is 15.0 Å². The number of nitrogens with zero attached hydrogens (tertiary/aromatic N) is 4. The Labute approximate surface area is 158 Å². The maximum atomic E-state index is 12.7. The van der Waals surface area contributed by atoms with E-state index in [9.17, 15) is 13.2 Å². The molecule has 0 aliphatic carbocycles. The van der Waals surface area contributed by atoms with E-state index in [1.807, 2.05) is 20.8 Å². The molecule has 1 aliphatic rings. The number of hydrogen-bond acceptors (Lipinski definition) is 5. The molecule has 0 amide bonds. The number of aromatic nitrogens is 3. The summed E-state index contributed by atoms with van der Waals surface area (Å²) < 4.78 is 43.9. The molecule has 0 radical (unpaired) electrons. The molecule has 3 heterocycles. The van der Waals surface area contributed by atoms with Crippen molar-refractivity contribution >= 4 is 29.0 Å². The van der Waals surface area contributed by atoms with Crippen molar-refractivity contribution in [3.05, 3.63) is 39.9 Å². The molecule has 3 rings (SSSR count). The van der Waals surface area contributed by atoms with E-state index in [0.717, 1.165) is 6.07 Å². The van der Waals surface area contributed by atoms with Crippen molar-refractivity contribution in [1.82, 2.24) is 15.0 Å². The summed E-state index contributed by atoms with van der Waals surface area (Å²) in [5.74, 6) is 0.415. The lowest BCUT2D eigenvalue weighted by atomic mass is 10.2. The fraction of sp³-hybridized carbons (Fsp3) is 0.438. The third kappa shape index (κ3) is 3.27. The van der Waals surface area contributed by atoms with Gasteiger partial charge < -0.3 is 9.64 Å². The topological polar surface area (TPSA) is 50.9 Å². The molecule has 140 valence electrons. The number of anilines is 1. The van der Waals surface area contributed by atoms with E-state index in [-0.39, 0.29) is 10.9 Å². The van der Waals surface area contributed by atoms with Crippen LogP contribution < -0.4 is 9.64 Å². The second-order valence-electron chi connectivity index (χ2n) is 6.31. The molecule has 2 aromatic heterocycles. The number of aryl methyl sites for hydroxylation is 1. The summed E-state index contributed by atoms with van der Waals surface area (Å²) in [6, 6.07) is 0.788. The van der Waals surface area contributed by atoms with E-state index in [1.54, 1.807) is 4.90 Å². The number of pyridine rings is 1. The first kappa shape index (κ1) is 19.0. The molecule has 0 spiro atoms. The molecule has 10 heteroatoms. The largest absolute Gasteiger partial charge is 0.450 e. The van der Waals surface area contributed by atoms with Gasteiger partial charge in [-0.05, 0) is 26.3 Å². The molecule has 2 aromatic rings. The van der Waals surface area contributed by atoms with Crippen LogP contribution in [0.5, 0.6) is 5.88 Å². The van der Waals surface area contributed by atoms with Crippen molar-refractivity contribution in [2.45, 2.75) is 45.1 Å². The molecule has 1 aliphatic heterocycles. The van der Waals surface area contributed by atoms with Crippen molar-refractivity contribution in [1.29, 1.82) is 0 Å². The summed E-state index contributed by atoms with van der Waals surface area (Å²) in [6.45, 7) is 5.70. The highest BCUT2D eigenvalue weighted by Gasteiger charge is 2.60. The van der Waals surface area contributed by atoms with Gasteiger partial charge in [0.15, 0.2) is 12.0 Å². The second-order valence-corrected chi connectivity index (χ2v) is 7.10. The number of halogens is 5. The van der Waals surface area contributed by atoms with Crippen LogP contribution in [0.1, 0.15) is 32.0 Å². The van der Waals surface area contributed by atoms with Crippen molar-refractivity contribution in [3.8, 4) is 5.88 Å². The molecule has 1 atom stereocenters. The predicted molar refractivity (Wildman–Crippen MR) is 91.6 cm³/mol. The molecule has 0 bridgehead atoms. The van der Waals surface area contributed by atoms with Gasteiger partial charge in [0.05, 0.1) is 16.8 Å². The minimum absolute atomic E-state index is 0.0823. The first-order valence-corrected chi connectivity index (χ1v) is 8.51. The Hall–Kier alpha value is -1.80. The van der Waals surface area contributed by atoms with Gasteiger partial charge in [-0.2, -0.15) is 13.2 Å². The van der Waals surface area contributed by atoms with E-state index < -0.39 is 23.5 Å². The van der Waals surface area contributed by atoms with Gasteiger partial charge in [0, 0.05) is 6.20 Å². The van der Waals surface area contributed by atoms with E-state index in [1.165, 1.54) is 6.33 Å². The maximum absolute atomic E-state index is 12.7. The van der Waals surface area contributed by atoms with Gasteiger partial charge in [-0.15, -0.1) is 0 Å². The van der Waals surface area contributed by atoms with Crippen LogP contribution in [-0.4, -0.2) is 26.7 Å². The van der Waals surface area contributed by atoms with Crippen molar-refractivity contribution in [3.63, 3.8) is 0 Å². The van der Waals surface area contributed by atoms with E-state index >= 15 is 0 Å². The van der Waals surface area contributed by atoms with Crippen LogP contribution in [0, 0.1) is 0 Å². The van der Waals surface area contributed by atoms with E-state index in [4.69, 9.17) is 27.9 Å². The molecule has 1 saturated heterocycles. The zero-order chi connectivity index (χ0) is 19.3. The van der Waals surface area contributed by atoms with Gasteiger partial charge in [-0.3, -0.25) is 0 Å². The minimum atomic E-state index is -4.52. The van der Waals surface area contributed by atoms with Crippen LogP contribution in [0.3, 0.4) is 0 Å². The molecular formula is C16H15Cl2F3N4O. The highest BCUT2D eigenvalue weighted by Crippen LogP contribution is 2.48. The Kier molecular flexibility index (Phi) is 4.69. The molecule has 0 aromatic carbocycles. The number of rotatable bonds is 4. The van der Waals surface area contributed by atoms with Crippen LogP contribution in [0.4, 0.5) is 19.0 Å². The summed E-state index contributed by atoms with van der Waals surface area (Å²) in [5, 5.41) is 0.200. The Morgan fingerprint density at radius 2 is 1.92 bits per heavy atom. The van der Waals surface area contributed by atoms with E-state index in [0.29, 0.717) is 29.2 Å². The second kappa shape index (κ2) is 6.42. The standard InChI is InChI=1S/C16H15Cl2F3N4O/c1-4-10-11(18)12(24-7-23-10)25-14(15(25,2)3)26-13-9(17)5-8(6-22-13)16(19,20)21/h5-7,14H,4H2,1-3H3. The van der Waals surface area contributed by atoms with Gasteiger partial charge in [-0.1, -0.05) is 30.1 Å². The van der Waals surface area contributed by atoms with Gasteiger partial charge in [0.1, 0.15) is 16.4 Å². The van der Waals surface area contributed by atoms with Crippen molar-refractivity contribution in [2.24, 2.45) is 0 Å². The molecule has 1 fully saturated rings. The lowest BCUT2D eigenvalue weighted by molar-refractivity contribution is -0.137. The van der Waals surface area contributed by atoms with Gasteiger partial charge in [0.2, 0.25) is 5.88 Å². The van der Waals surface area contributed by atoms with Crippen LogP contribution >= 0.6 is 23.2 Å². The zero-order valence-corrected chi connectivity index (χ0v) is 15.6. The van der Waals surface area contributed by atoms with Crippen LogP contribution in [-0.2, 0) is 12.6 Å². The van der Waals surface area contributed by atoms with Crippen molar-refractivity contribution in [2.75, 3.05) is 4.90 Å². The quantitative estimate of drug-likeness (QED) is 0.684.